The Morgan fingerprint density at radius 1 is 1.50 bits per heavy atom. The van der Waals surface area contributed by atoms with Crippen LogP contribution in [0.4, 0.5) is 0 Å². The average Bonchev–Trinajstić information content (AvgIpc) is 2.62. The average molecular weight is 186 g/mol. The maximum atomic E-state index is 3.48. The van der Waals surface area contributed by atoms with E-state index in [1.807, 2.05) is 11.8 Å². The molecule has 0 aromatic rings. The second kappa shape index (κ2) is 3.56. The highest BCUT2D eigenvalue weighted by molar-refractivity contribution is 7.99. The Morgan fingerprint density at radius 3 is 3.08 bits per heavy atom. The second-order valence-corrected chi connectivity index (χ2v) is 5.00. The van der Waals surface area contributed by atoms with Crippen molar-refractivity contribution in [3.63, 3.8) is 0 Å². The fraction of sp³-hybridized carbons (Fsp3) is 1.00. The van der Waals surface area contributed by atoms with Gasteiger partial charge in [0.1, 0.15) is 0 Å². The van der Waals surface area contributed by atoms with Gasteiger partial charge < -0.3 is 5.32 Å². The molecule has 0 radical (unpaired) electrons. The highest BCUT2D eigenvalue weighted by Gasteiger charge is 2.38. The van der Waals surface area contributed by atoms with Crippen LogP contribution in [0.3, 0.4) is 0 Å². The van der Waals surface area contributed by atoms with E-state index in [4.69, 9.17) is 0 Å². The van der Waals surface area contributed by atoms with E-state index < -0.39 is 0 Å². The van der Waals surface area contributed by atoms with Crippen LogP contribution in [0.1, 0.15) is 13.3 Å². The molecule has 70 valence electrons. The summed E-state index contributed by atoms with van der Waals surface area (Å²) < 4.78 is 0. The van der Waals surface area contributed by atoms with Gasteiger partial charge in [-0.3, -0.25) is 4.90 Å². The van der Waals surface area contributed by atoms with Crippen LogP contribution >= 0.6 is 11.8 Å². The molecule has 2 aliphatic heterocycles. The van der Waals surface area contributed by atoms with E-state index in [9.17, 15) is 0 Å². The third-order valence-corrected chi connectivity index (χ3v) is 4.25. The third kappa shape index (κ3) is 1.38. The smallest absolute Gasteiger partial charge is 0.0529 e. The molecule has 2 heterocycles. The molecule has 0 amide bonds. The summed E-state index contributed by atoms with van der Waals surface area (Å²) in [6, 6.07) is 0.840. The Kier molecular flexibility index (Phi) is 2.63. The van der Waals surface area contributed by atoms with Crippen molar-refractivity contribution < 1.29 is 0 Å². The molecule has 0 bridgehead atoms. The van der Waals surface area contributed by atoms with Crippen molar-refractivity contribution in [1.82, 2.24) is 10.2 Å². The first-order chi connectivity index (χ1) is 5.83. The lowest BCUT2D eigenvalue weighted by Gasteiger charge is -2.28. The van der Waals surface area contributed by atoms with E-state index in [-0.39, 0.29) is 0 Å². The molecule has 3 heteroatoms. The van der Waals surface area contributed by atoms with Gasteiger partial charge in [-0.2, -0.15) is 0 Å². The molecule has 0 aromatic heterocycles. The topological polar surface area (TPSA) is 15.3 Å². The van der Waals surface area contributed by atoms with Crippen LogP contribution in [0, 0.1) is 5.92 Å². The first-order valence-corrected chi connectivity index (χ1v) is 6.11. The molecule has 0 aromatic carbocycles. The number of nitrogens with one attached hydrogen (secondary N) is 1. The van der Waals surface area contributed by atoms with Crippen LogP contribution in [0.15, 0.2) is 0 Å². The largest absolute Gasteiger partial charge is 0.315 e. The van der Waals surface area contributed by atoms with E-state index in [0.29, 0.717) is 5.37 Å². The SMILES string of the molecule is CSC(C)N1CC[C@@H]2CNCC21. The van der Waals surface area contributed by atoms with Gasteiger partial charge in [-0.15, -0.1) is 11.8 Å². The van der Waals surface area contributed by atoms with Gasteiger partial charge in [0.15, 0.2) is 0 Å². The molecular formula is C9H18N2S. The summed E-state index contributed by atoms with van der Waals surface area (Å²) in [5.41, 5.74) is 0. The Hall–Kier alpha value is 0.270. The van der Waals surface area contributed by atoms with Gasteiger partial charge in [-0.05, 0) is 38.6 Å². The molecule has 2 rings (SSSR count). The van der Waals surface area contributed by atoms with Crippen molar-refractivity contribution >= 4 is 11.8 Å². The minimum atomic E-state index is 0.708. The van der Waals surface area contributed by atoms with Crippen molar-refractivity contribution in [3.8, 4) is 0 Å². The minimum absolute atomic E-state index is 0.708. The molecule has 2 saturated heterocycles. The van der Waals surface area contributed by atoms with Gasteiger partial charge in [0.05, 0.1) is 5.37 Å². The third-order valence-electron chi connectivity index (χ3n) is 3.30. The lowest BCUT2D eigenvalue weighted by molar-refractivity contribution is 0.246. The predicted molar refractivity (Wildman–Crippen MR) is 54.4 cm³/mol. The zero-order valence-electron chi connectivity index (χ0n) is 7.92. The molecule has 2 nitrogen and oxygen atoms in total. The molecule has 12 heavy (non-hydrogen) atoms. The first-order valence-electron chi connectivity index (χ1n) is 4.82. The lowest BCUT2D eigenvalue weighted by atomic mass is 10.1. The van der Waals surface area contributed by atoms with E-state index in [1.165, 1.54) is 26.1 Å². The summed E-state index contributed by atoms with van der Waals surface area (Å²) in [6.07, 6.45) is 3.61. The van der Waals surface area contributed by atoms with E-state index in [1.54, 1.807) is 0 Å². The van der Waals surface area contributed by atoms with Gasteiger partial charge in [-0.25, -0.2) is 0 Å². The summed E-state index contributed by atoms with van der Waals surface area (Å²) in [6.45, 7) is 6.11. The van der Waals surface area contributed by atoms with Crippen LogP contribution in [-0.4, -0.2) is 42.2 Å². The van der Waals surface area contributed by atoms with Crippen molar-refractivity contribution in [3.05, 3.63) is 0 Å². The van der Waals surface area contributed by atoms with Crippen LogP contribution < -0.4 is 5.32 Å². The molecule has 3 atom stereocenters. The number of thioether (sulfide) groups is 1. The molecule has 0 aliphatic carbocycles. The summed E-state index contributed by atoms with van der Waals surface area (Å²) in [7, 11) is 0. The number of hydrogen-bond acceptors (Lipinski definition) is 3. The number of likely N-dealkylation sites (tertiary alicyclic amines) is 1. The van der Waals surface area contributed by atoms with Crippen LogP contribution in [0.5, 0.6) is 0 Å². The van der Waals surface area contributed by atoms with Crippen molar-refractivity contribution in [2.75, 3.05) is 25.9 Å². The highest BCUT2D eigenvalue weighted by Crippen LogP contribution is 2.31. The Bertz CT molecular complexity index is 163. The van der Waals surface area contributed by atoms with Gasteiger partial charge in [-0.1, -0.05) is 0 Å². The molecule has 2 fully saturated rings. The zero-order chi connectivity index (χ0) is 8.55. The Balaban J connectivity index is 1.99. The second-order valence-electron chi connectivity index (χ2n) is 3.85. The molecule has 1 N–H and O–H groups in total. The Morgan fingerprint density at radius 2 is 2.33 bits per heavy atom. The summed E-state index contributed by atoms with van der Waals surface area (Å²) in [4.78, 5) is 2.66. The molecule has 0 saturated carbocycles. The number of rotatable bonds is 2. The van der Waals surface area contributed by atoms with Gasteiger partial charge in [0.2, 0.25) is 0 Å². The van der Waals surface area contributed by atoms with E-state index in [0.717, 1.165) is 12.0 Å². The predicted octanol–water partition coefficient (Wildman–Crippen LogP) is 0.989. The maximum absolute atomic E-state index is 3.48. The lowest BCUT2D eigenvalue weighted by Crippen LogP contribution is -2.38. The van der Waals surface area contributed by atoms with Crippen molar-refractivity contribution in [2.45, 2.75) is 24.8 Å². The number of fused-ring (bicyclic) bond motifs is 1. The van der Waals surface area contributed by atoms with Crippen molar-refractivity contribution in [1.29, 1.82) is 0 Å². The van der Waals surface area contributed by atoms with E-state index in [2.05, 4.69) is 23.4 Å². The zero-order valence-corrected chi connectivity index (χ0v) is 8.73. The van der Waals surface area contributed by atoms with Crippen LogP contribution in [-0.2, 0) is 0 Å². The normalized spacial score (nSPS) is 38.5. The fourth-order valence-corrected chi connectivity index (χ4v) is 3.00. The van der Waals surface area contributed by atoms with Crippen LogP contribution in [0.25, 0.3) is 0 Å². The molecule has 0 spiro atoms. The van der Waals surface area contributed by atoms with Gasteiger partial charge in [0, 0.05) is 12.6 Å². The standard InChI is InChI=1S/C9H18N2S/c1-7(12-2)11-4-3-8-5-10-6-9(8)11/h7-10H,3-6H2,1-2H3/t7?,8-,9?/m1/s1. The number of nitrogens with zero attached hydrogens (tertiary/aromatic N) is 1. The molecular weight excluding hydrogens is 168 g/mol. The van der Waals surface area contributed by atoms with Crippen LogP contribution in [0.2, 0.25) is 0 Å². The van der Waals surface area contributed by atoms with Gasteiger partial charge >= 0.3 is 0 Å². The summed E-state index contributed by atoms with van der Waals surface area (Å²) in [5, 5.41) is 4.19. The number of hydrogen-bond donors (Lipinski definition) is 1. The molecule has 2 aliphatic rings. The monoisotopic (exact) mass is 186 g/mol. The highest BCUT2D eigenvalue weighted by atomic mass is 32.2. The van der Waals surface area contributed by atoms with Gasteiger partial charge in [0.25, 0.3) is 0 Å². The van der Waals surface area contributed by atoms with E-state index >= 15 is 0 Å². The minimum Gasteiger partial charge on any atom is -0.315 e. The quantitative estimate of drug-likeness (QED) is 0.692. The summed E-state index contributed by atoms with van der Waals surface area (Å²) in [5.74, 6) is 0.944. The fourth-order valence-electron chi connectivity index (χ4n) is 2.47. The maximum Gasteiger partial charge on any atom is 0.0529 e. The molecule has 2 unspecified atom stereocenters. The summed E-state index contributed by atoms with van der Waals surface area (Å²) >= 11 is 1.97. The first kappa shape index (κ1) is 8.85. The van der Waals surface area contributed by atoms with Crippen molar-refractivity contribution in [2.24, 2.45) is 5.92 Å². The Labute approximate surface area is 79.1 Å².